The molecule has 2 saturated carbocycles. The average molecular weight is 436 g/mol. The number of nitrogens with zero attached hydrogens (tertiary/aromatic N) is 1. The minimum atomic E-state index is -0.336. The van der Waals surface area contributed by atoms with E-state index >= 15 is 0 Å². The van der Waals surface area contributed by atoms with Gasteiger partial charge in [-0.1, -0.05) is 41.8 Å². The minimum absolute atomic E-state index is 0.00928. The van der Waals surface area contributed by atoms with Gasteiger partial charge >= 0.3 is 0 Å². The molecule has 2 aliphatic rings. The molecule has 0 aliphatic heterocycles. The molecule has 0 bridgehead atoms. The molecule has 1 aromatic carbocycles. The van der Waals surface area contributed by atoms with Gasteiger partial charge in [0.15, 0.2) is 11.6 Å². The summed E-state index contributed by atoms with van der Waals surface area (Å²) >= 11 is 13.1. The Morgan fingerprint density at radius 2 is 1.79 bits per heavy atom. The molecule has 3 rings (SSSR count). The van der Waals surface area contributed by atoms with E-state index in [1.165, 1.54) is 5.57 Å². The zero-order chi connectivity index (χ0) is 21.3. The summed E-state index contributed by atoms with van der Waals surface area (Å²) in [5.41, 5.74) is 2.10. The smallest absolute Gasteiger partial charge is 0.170 e. The molecular weight excluding hydrogens is 409 g/mol. The van der Waals surface area contributed by atoms with Gasteiger partial charge in [-0.15, -0.1) is 0 Å². The van der Waals surface area contributed by atoms with E-state index in [0.717, 1.165) is 19.4 Å². The van der Waals surface area contributed by atoms with E-state index in [4.69, 9.17) is 23.2 Å². The van der Waals surface area contributed by atoms with E-state index in [0.29, 0.717) is 28.2 Å². The second-order valence-electron chi connectivity index (χ2n) is 8.41. The minimum Gasteiger partial charge on any atom is -0.506 e. The summed E-state index contributed by atoms with van der Waals surface area (Å²) in [6, 6.07) is 3.74. The van der Waals surface area contributed by atoms with Crippen LogP contribution < -0.4 is 0 Å². The summed E-state index contributed by atoms with van der Waals surface area (Å²) in [5, 5.41) is 11.6. The summed E-state index contributed by atoms with van der Waals surface area (Å²) in [6.07, 6.45) is 4.96. The SMILES string of the molecule is CC(C)=CCN(Cc1c(Cl)ccc(C(O)=C2C(=O)CC(C)CC2=O)c1Cl)C1CC1. The van der Waals surface area contributed by atoms with Crippen molar-refractivity contribution in [2.24, 2.45) is 5.92 Å². The first-order valence-electron chi connectivity index (χ1n) is 10.0. The molecule has 0 radical (unpaired) electrons. The lowest BCUT2D eigenvalue weighted by atomic mass is 9.83. The molecule has 1 aromatic rings. The maximum Gasteiger partial charge on any atom is 0.170 e. The molecule has 0 saturated heterocycles. The lowest BCUT2D eigenvalue weighted by Gasteiger charge is -2.23. The number of halogens is 2. The molecule has 1 N–H and O–H groups in total. The van der Waals surface area contributed by atoms with E-state index in [9.17, 15) is 14.7 Å². The Hall–Kier alpha value is -1.62. The van der Waals surface area contributed by atoms with Crippen molar-refractivity contribution in [2.45, 2.75) is 59.0 Å². The molecule has 156 valence electrons. The van der Waals surface area contributed by atoms with Crippen LogP contribution in [0.15, 0.2) is 29.4 Å². The molecule has 4 nitrogen and oxygen atoms in total. The Balaban J connectivity index is 1.96. The summed E-state index contributed by atoms with van der Waals surface area (Å²) in [6.45, 7) is 7.33. The fourth-order valence-corrected chi connectivity index (χ4v) is 4.25. The standard InChI is InChI=1S/C23H27Cl2NO3/c1-13(2)8-9-26(15-4-5-15)12-17-18(24)7-6-16(22(17)25)23(29)21-19(27)10-14(3)11-20(21)28/h6-8,14-15,29H,4-5,9-12H2,1-3H3. The third kappa shape index (κ3) is 5.11. The number of hydrogen-bond acceptors (Lipinski definition) is 4. The number of allylic oxidation sites excluding steroid dienone is 2. The van der Waals surface area contributed by atoms with Crippen molar-refractivity contribution in [2.75, 3.05) is 6.54 Å². The van der Waals surface area contributed by atoms with Crippen LogP contribution in [0.5, 0.6) is 0 Å². The van der Waals surface area contributed by atoms with Crippen LogP contribution in [0.25, 0.3) is 5.76 Å². The van der Waals surface area contributed by atoms with Gasteiger partial charge in [-0.2, -0.15) is 0 Å². The van der Waals surface area contributed by atoms with Crippen LogP contribution in [0.2, 0.25) is 10.0 Å². The van der Waals surface area contributed by atoms with Gasteiger partial charge in [-0.25, -0.2) is 0 Å². The predicted molar refractivity (Wildman–Crippen MR) is 117 cm³/mol. The highest BCUT2D eigenvalue weighted by molar-refractivity contribution is 6.37. The van der Waals surface area contributed by atoms with Crippen molar-refractivity contribution in [1.82, 2.24) is 4.90 Å². The number of aliphatic hydroxyl groups excluding tert-OH is 1. The Kier molecular flexibility index (Phi) is 6.87. The van der Waals surface area contributed by atoms with Crippen molar-refractivity contribution in [3.8, 4) is 0 Å². The molecule has 0 aromatic heterocycles. The topological polar surface area (TPSA) is 57.6 Å². The maximum absolute atomic E-state index is 12.4. The molecule has 0 unspecified atom stereocenters. The van der Waals surface area contributed by atoms with E-state index in [-0.39, 0.29) is 47.2 Å². The van der Waals surface area contributed by atoms with Crippen LogP contribution in [0.1, 0.15) is 57.6 Å². The lowest BCUT2D eigenvalue weighted by molar-refractivity contribution is -0.125. The molecule has 29 heavy (non-hydrogen) atoms. The molecule has 2 fully saturated rings. The summed E-state index contributed by atoms with van der Waals surface area (Å²) in [7, 11) is 0. The zero-order valence-electron chi connectivity index (χ0n) is 17.1. The molecule has 0 atom stereocenters. The monoisotopic (exact) mass is 435 g/mol. The number of carbonyl (C=O) groups excluding carboxylic acids is 2. The van der Waals surface area contributed by atoms with E-state index < -0.39 is 0 Å². The normalized spacial score (nSPS) is 19.7. The molecule has 0 amide bonds. The van der Waals surface area contributed by atoms with Crippen molar-refractivity contribution in [3.05, 3.63) is 50.5 Å². The summed E-state index contributed by atoms with van der Waals surface area (Å²) in [4.78, 5) is 27.1. The van der Waals surface area contributed by atoms with Gasteiger partial charge in [-0.05, 0) is 44.7 Å². The second kappa shape index (κ2) is 9.03. The molecular formula is C23H27Cl2NO3. The fraction of sp³-hybridized carbons (Fsp3) is 0.478. The first-order chi connectivity index (χ1) is 13.7. The first kappa shape index (κ1) is 22.1. The van der Waals surface area contributed by atoms with Gasteiger partial charge in [-0.3, -0.25) is 14.5 Å². The van der Waals surface area contributed by atoms with Gasteiger partial charge in [0, 0.05) is 48.1 Å². The van der Waals surface area contributed by atoms with Gasteiger partial charge in [0.2, 0.25) is 0 Å². The highest BCUT2D eigenvalue weighted by Gasteiger charge is 2.33. The number of carbonyl (C=O) groups is 2. The Labute approximate surface area is 182 Å². The quantitative estimate of drug-likeness (QED) is 0.267. The number of benzene rings is 1. The maximum atomic E-state index is 12.4. The number of Topliss-reactive ketones (excluding diaryl/α,β-unsaturated/α-hetero) is 2. The van der Waals surface area contributed by atoms with Crippen LogP contribution in [-0.2, 0) is 16.1 Å². The number of hydrogen-bond donors (Lipinski definition) is 1. The van der Waals surface area contributed by atoms with E-state index in [1.807, 2.05) is 6.92 Å². The molecule has 0 spiro atoms. The Morgan fingerprint density at radius 3 is 2.34 bits per heavy atom. The van der Waals surface area contributed by atoms with Crippen molar-refractivity contribution in [1.29, 1.82) is 0 Å². The summed E-state index contributed by atoms with van der Waals surface area (Å²) < 4.78 is 0. The molecule has 0 heterocycles. The number of rotatable bonds is 6. The summed E-state index contributed by atoms with van der Waals surface area (Å²) in [5.74, 6) is -1.01. The molecule has 6 heteroatoms. The Bertz CT molecular complexity index is 876. The van der Waals surface area contributed by atoms with Gasteiger partial charge in [0.25, 0.3) is 0 Å². The highest BCUT2D eigenvalue weighted by Crippen LogP contribution is 2.37. The third-order valence-corrected chi connectivity index (χ3v) is 6.25. The Morgan fingerprint density at radius 1 is 1.17 bits per heavy atom. The van der Waals surface area contributed by atoms with Crippen molar-refractivity contribution in [3.63, 3.8) is 0 Å². The predicted octanol–water partition coefficient (Wildman–Crippen LogP) is 5.76. The van der Waals surface area contributed by atoms with Crippen molar-refractivity contribution < 1.29 is 14.7 Å². The largest absolute Gasteiger partial charge is 0.506 e. The van der Waals surface area contributed by atoms with E-state index in [2.05, 4.69) is 24.8 Å². The van der Waals surface area contributed by atoms with Crippen LogP contribution >= 0.6 is 23.2 Å². The van der Waals surface area contributed by atoms with Crippen LogP contribution in [0.4, 0.5) is 0 Å². The van der Waals surface area contributed by atoms with E-state index in [1.54, 1.807) is 12.1 Å². The van der Waals surface area contributed by atoms with Crippen LogP contribution in [-0.4, -0.2) is 34.2 Å². The number of ketones is 2. The highest BCUT2D eigenvalue weighted by atomic mass is 35.5. The van der Waals surface area contributed by atoms with Gasteiger partial charge in [0.1, 0.15) is 11.3 Å². The average Bonchev–Trinajstić information content (AvgIpc) is 3.45. The number of aliphatic hydroxyl groups is 1. The lowest BCUT2D eigenvalue weighted by Crippen LogP contribution is -2.27. The van der Waals surface area contributed by atoms with Crippen molar-refractivity contribution >= 4 is 40.5 Å². The van der Waals surface area contributed by atoms with Gasteiger partial charge in [0.05, 0.1) is 5.02 Å². The van der Waals surface area contributed by atoms with Crippen LogP contribution in [0.3, 0.4) is 0 Å². The van der Waals surface area contributed by atoms with Gasteiger partial charge < -0.3 is 5.11 Å². The fourth-order valence-electron chi connectivity index (χ4n) is 3.67. The first-order valence-corrected chi connectivity index (χ1v) is 10.8. The second-order valence-corrected chi connectivity index (χ2v) is 9.20. The van der Waals surface area contributed by atoms with Crippen LogP contribution in [0, 0.1) is 5.92 Å². The third-order valence-electron chi connectivity index (χ3n) is 5.46. The molecule has 2 aliphatic carbocycles. The zero-order valence-corrected chi connectivity index (χ0v) is 18.6.